The van der Waals surface area contributed by atoms with Gasteiger partial charge in [0.05, 0.1) is 41.2 Å². The molecule has 5 rings (SSSR count). The summed E-state index contributed by atoms with van der Waals surface area (Å²) >= 11 is 12.2. The summed E-state index contributed by atoms with van der Waals surface area (Å²) in [5, 5.41) is 9.22. The van der Waals surface area contributed by atoms with Crippen LogP contribution in [-0.4, -0.2) is 38.0 Å². The Morgan fingerprint density at radius 1 is 1.22 bits per heavy atom. The molecule has 0 fully saturated rings. The van der Waals surface area contributed by atoms with Crippen molar-refractivity contribution < 1.29 is 9.59 Å². The van der Waals surface area contributed by atoms with Gasteiger partial charge in [0.15, 0.2) is 0 Å². The molecule has 1 aromatic carbocycles. The van der Waals surface area contributed by atoms with Crippen molar-refractivity contribution in [3.05, 3.63) is 76.3 Å². The summed E-state index contributed by atoms with van der Waals surface area (Å²) in [6.07, 6.45) is 7.34. The second-order valence-corrected chi connectivity index (χ2v) is 11.2. The van der Waals surface area contributed by atoms with E-state index in [9.17, 15) is 9.59 Å². The van der Waals surface area contributed by atoms with E-state index in [1.807, 2.05) is 37.1 Å². The van der Waals surface area contributed by atoms with Crippen LogP contribution in [0.25, 0.3) is 17.0 Å². The summed E-state index contributed by atoms with van der Waals surface area (Å²) in [6.45, 7) is 2.39. The number of anilines is 2. The lowest BCUT2D eigenvalue weighted by atomic mass is 9.93. The average molecular weight is 596 g/mol. The molecular formula is C29H32Cl2N8O2. The molecule has 0 aliphatic carbocycles. The van der Waals surface area contributed by atoms with Crippen LogP contribution in [0.4, 0.5) is 11.4 Å². The number of amides is 2. The first-order valence-corrected chi connectivity index (χ1v) is 14.2. The van der Waals surface area contributed by atoms with Crippen LogP contribution in [-0.2, 0) is 16.6 Å². The van der Waals surface area contributed by atoms with Gasteiger partial charge in [-0.1, -0.05) is 42.6 Å². The number of carbonyl (C=O) groups excluding carboxylic acids is 2. The Morgan fingerprint density at radius 2 is 2.02 bits per heavy atom. The van der Waals surface area contributed by atoms with E-state index in [-0.39, 0.29) is 28.9 Å². The van der Waals surface area contributed by atoms with Gasteiger partial charge in [-0.2, -0.15) is 5.10 Å². The standard InChI is InChI=1S/C29H32Cl2N8O2/c1-17-5-3-8-25(21-6-4-7-22(35-21)28-23(36-29(17)41)15-34-37(28)2)38-12-11-18(13-27(38)40)20-14-19(30)9-10-24(20)39(33)16-26(31)32/h4,6-7,9-10,13-17,25H,3,5,8,11-12,32-33H2,1-2H3,(H,36,41)/b26-16-. The van der Waals surface area contributed by atoms with Gasteiger partial charge in [-0.05, 0) is 55.2 Å². The number of hydrogen-bond acceptors (Lipinski definition) is 7. The van der Waals surface area contributed by atoms with Crippen LogP contribution in [0.1, 0.15) is 49.9 Å². The van der Waals surface area contributed by atoms with Crippen molar-refractivity contribution in [1.29, 1.82) is 0 Å². The van der Waals surface area contributed by atoms with Gasteiger partial charge in [0.25, 0.3) is 0 Å². The van der Waals surface area contributed by atoms with Gasteiger partial charge in [-0.25, -0.2) is 10.8 Å². The molecule has 0 spiro atoms. The lowest BCUT2D eigenvalue weighted by Gasteiger charge is -2.35. The van der Waals surface area contributed by atoms with E-state index in [0.717, 1.165) is 23.3 Å². The molecule has 2 aromatic heterocycles. The number of carbonyl (C=O) groups is 2. The minimum atomic E-state index is -0.268. The van der Waals surface area contributed by atoms with Gasteiger partial charge in [-0.3, -0.25) is 19.3 Å². The van der Waals surface area contributed by atoms with Crippen LogP contribution in [0.5, 0.6) is 0 Å². The molecule has 41 heavy (non-hydrogen) atoms. The summed E-state index contributed by atoms with van der Waals surface area (Å²) in [6, 6.07) is 10.8. The zero-order valence-corrected chi connectivity index (χ0v) is 24.4. The Kier molecular flexibility index (Phi) is 8.35. The molecule has 0 saturated heterocycles. The van der Waals surface area contributed by atoms with Gasteiger partial charge in [0.1, 0.15) is 10.9 Å². The molecule has 12 heteroatoms. The highest BCUT2D eigenvalue weighted by Gasteiger charge is 2.31. The molecule has 0 saturated carbocycles. The minimum Gasteiger partial charge on any atom is -0.388 e. The predicted molar refractivity (Wildman–Crippen MR) is 161 cm³/mol. The zero-order chi connectivity index (χ0) is 29.3. The Morgan fingerprint density at radius 3 is 2.78 bits per heavy atom. The average Bonchev–Trinajstić information content (AvgIpc) is 3.29. The number of nitrogens with two attached hydrogens (primary N) is 2. The maximum atomic E-state index is 13.7. The molecule has 3 aromatic rings. The van der Waals surface area contributed by atoms with Crippen molar-refractivity contribution in [2.45, 2.75) is 38.6 Å². The summed E-state index contributed by atoms with van der Waals surface area (Å²) in [5.41, 5.74) is 10.6. The molecule has 214 valence electrons. The third kappa shape index (κ3) is 6.09. The molecule has 2 bridgehead atoms. The highest BCUT2D eigenvalue weighted by Crippen LogP contribution is 2.37. The Bertz CT molecular complexity index is 1550. The van der Waals surface area contributed by atoms with E-state index in [0.29, 0.717) is 53.6 Å². The molecule has 2 unspecified atom stereocenters. The first-order chi connectivity index (χ1) is 19.6. The molecule has 2 aliphatic heterocycles. The molecule has 2 atom stereocenters. The number of benzene rings is 1. The van der Waals surface area contributed by atoms with Gasteiger partial charge < -0.3 is 16.0 Å². The van der Waals surface area contributed by atoms with E-state index in [2.05, 4.69) is 10.4 Å². The number of aryl methyl sites for hydroxylation is 1. The van der Waals surface area contributed by atoms with Gasteiger partial charge >= 0.3 is 0 Å². The predicted octanol–water partition coefficient (Wildman–Crippen LogP) is 4.93. The third-order valence-corrected chi connectivity index (χ3v) is 7.87. The molecule has 0 radical (unpaired) electrons. The zero-order valence-electron chi connectivity index (χ0n) is 22.8. The van der Waals surface area contributed by atoms with Crippen LogP contribution < -0.4 is 21.9 Å². The fraction of sp³-hybridized carbons (Fsp3) is 0.310. The smallest absolute Gasteiger partial charge is 0.247 e. The van der Waals surface area contributed by atoms with Crippen LogP contribution >= 0.6 is 23.2 Å². The van der Waals surface area contributed by atoms with Crippen molar-refractivity contribution >= 4 is 52.0 Å². The third-order valence-electron chi connectivity index (χ3n) is 7.54. The summed E-state index contributed by atoms with van der Waals surface area (Å²) in [5.74, 6) is 5.79. The highest BCUT2D eigenvalue weighted by molar-refractivity contribution is 6.31. The van der Waals surface area contributed by atoms with Crippen molar-refractivity contribution in [1.82, 2.24) is 19.7 Å². The first kappa shape index (κ1) is 28.7. The Labute approximate surface area is 248 Å². The number of halogens is 2. The lowest BCUT2D eigenvalue weighted by molar-refractivity contribution is -0.129. The van der Waals surface area contributed by atoms with E-state index in [4.69, 9.17) is 39.8 Å². The largest absolute Gasteiger partial charge is 0.388 e. The summed E-state index contributed by atoms with van der Waals surface area (Å²) < 4.78 is 1.70. The fourth-order valence-electron chi connectivity index (χ4n) is 5.44. The highest BCUT2D eigenvalue weighted by atomic mass is 35.5. The maximum absolute atomic E-state index is 13.7. The van der Waals surface area contributed by atoms with Gasteiger partial charge in [-0.15, -0.1) is 0 Å². The van der Waals surface area contributed by atoms with Crippen LogP contribution in [0.15, 0.2) is 60.0 Å². The quantitative estimate of drug-likeness (QED) is 0.221. The van der Waals surface area contributed by atoms with Crippen molar-refractivity contribution in [3.8, 4) is 11.4 Å². The number of nitrogens with one attached hydrogen (secondary N) is 1. The second kappa shape index (κ2) is 11.9. The number of pyridine rings is 1. The van der Waals surface area contributed by atoms with Crippen LogP contribution in [0.3, 0.4) is 0 Å². The van der Waals surface area contributed by atoms with Crippen molar-refractivity contribution in [2.75, 3.05) is 16.9 Å². The van der Waals surface area contributed by atoms with Gasteiger partial charge in [0, 0.05) is 36.2 Å². The second-order valence-electron chi connectivity index (χ2n) is 10.3. The number of hydrazine groups is 1. The molecule has 5 N–H and O–H groups in total. The number of rotatable bonds is 4. The van der Waals surface area contributed by atoms with E-state index >= 15 is 0 Å². The van der Waals surface area contributed by atoms with E-state index in [1.165, 1.54) is 11.2 Å². The molecule has 4 heterocycles. The van der Waals surface area contributed by atoms with Crippen molar-refractivity contribution in [3.63, 3.8) is 0 Å². The fourth-order valence-corrected chi connectivity index (χ4v) is 5.72. The minimum absolute atomic E-state index is 0.0237. The Balaban J connectivity index is 1.51. The molecular weight excluding hydrogens is 563 g/mol. The number of hydrogen-bond donors (Lipinski definition) is 3. The van der Waals surface area contributed by atoms with Gasteiger partial charge in [0.2, 0.25) is 11.8 Å². The SMILES string of the molecule is CC1CCCC(N2CCC(c3cc(Cl)ccc3N(N)/C=C(\N)Cl)=CC2=O)c2cccc(n2)-c2c(cnn2C)NC1=O. The molecule has 2 aliphatic rings. The number of aromatic nitrogens is 3. The van der Waals surface area contributed by atoms with Crippen LogP contribution in [0.2, 0.25) is 5.02 Å². The topological polar surface area (TPSA) is 135 Å². The summed E-state index contributed by atoms with van der Waals surface area (Å²) in [4.78, 5) is 33.5. The van der Waals surface area contributed by atoms with Crippen LogP contribution in [0, 0.1) is 5.92 Å². The van der Waals surface area contributed by atoms with Crippen molar-refractivity contribution in [2.24, 2.45) is 24.5 Å². The van der Waals surface area contributed by atoms with E-state index < -0.39 is 0 Å². The number of fused-ring (bicyclic) bond motifs is 4. The molecule has 2 amide bonds. The Hall–Kier alpha value is -3.86. The van der Waals surface area contributed by atoms with E-state index in [1.54, 1.807) is 35.2 Å². The summed E-state index contributed by atoms with van der Waals surface area (Å²) in [7, 11) is 1.82. The molecule has 10 nitrogen and oxygen atoms in total. The normalized spacial score (nSPS) is 20.0. The number of nitrogens with zero attached hydrogens (tertiary/aromatic N) is 5. The monoisotopic (exact) mass is 594 g/mol. The lowest BCUT2D eigenvalue weighted by Crippen LogP contribution is -2.38. The first-order valence-electron chi connectivity index (χ1n) is 13.4. The maximum Gasteiger partial charge on any atom is 0.247 e.